The zero-order valence-corrected chi connectivity index (χ0v) is 21.9. The number of ether oxygens (including phenoxy) is 2. The molecule has 1 amide bonds. The number of methoxy groups -OCH3 is 1. The van der Waals surface area contributed by atoms with Crippen LogP contribution in [0.15, 0.2) is 71.7 Å². The SMILES string of the molecule is C=CCn1c(SCC(=O)Nc2nc(-c3ccc(C)cc3)cs2)nnc1C(C)Oc1ccccc1OC. The Morgan fingerprint density at radius 3 is 2.67 bits per heavy atom. The van der Waals surface area contributed by atoms with E-state index in [1.807, 2.05) is 72.3 Å². The number of hydrogen-bond donors (Lipinski definition) is 1. The van der Waals surface area contributed by atoms with E-state index >= 15 is 0 Å². The molecule has 0 aliphatic heterocycles. The Morgan fingerprint density at radius 2 is 1.94 bits per heavy atom. The molecule has 0 bridgehead atoms. The molecule has 4 rings (SSSR count). The maximum atomic E-state index is 12.6. The largest absolute Gasteiger partial charge is 0.493 e. The molecule has 36 heavy (non-hydrogen) atoms. The molecule has 1 atom stereocenters. The van der Waals surface area contributed by atoms with Crippen LogP contribution in [0.3, 0.4) is 0 Å². The number of thioether (sulfide) groups is 1. The summed E-state index contributed by atoms with van der Waals surface area (Å²) in [6.45, 7) is 8.26. The van der Waals surface area contributed by atoms with Gasteiger partial charge in [0.2, 0.25) is 5.91 Å². The topological polar surface area (TPSA) is 91.2 Å². The van der Waals surface area contributed by atoms with Gasteiger partial charge in [-0.05, 0) is 26.0 Å². The summed E-state index contributed by atoms with van der Waals surface area (Å²) in [5.74, 6) is 1.88. The highest BCUT2D eigenvalue weighted by Gasteiger charge is 2.21. The number of nitrogens with one attached hydrogen (secondary N) is 1. The number of aryl methyl sites for hydroxylation is 1. The molecule has 8 nitrogen and oxygen atoms in total. The van der Waals surface area contributed by atoms with E-state index in [9.17, 15) is 4.79 Å². The van der Waals surface area contributed by atoms with Crippen LogP contribution in [0.5, 0.6) is 11.5 Å². The molecular formula is C26H27N5O3S2. The Morgan fingerprint density at radius 1 is 1.19 bits per heavy atom. The molecule has 0 saturated heterocycles. The first-order chi connectivity index (χ1) is 17.5. The minimum Gasteiger partial charge on any atom is -0.493 e. The number of carbonyl (C=O) groups is 1. The Labute approximate surface area is 218 Å². The molecule has 4 aromatic rings. The number of para-hydroxylation sites is 2. The second-order valence-corrected chi connectivity index (χ2v) is 9.69. The fourth-order valence-electron chi connectivity index (χ4n) is 3.44. The molecule has 1 N–H and O–H groups in total. The van der Waals surface area contributed by atoms with E-state index in [0.29, 0.717) is 34.2 Å². The lowest BCUT2D eigenvalue weighted by atomic mass is 10.1. The molecular weight excluding hydrogens is 494 g/mol. The summed E-state index contributed by atoms with van der Waals surface area (Å²) in [7, 11) is 1.60. The maximum Gasteiger partial charge on any atom is 0.236 e. The summed E-state index contributed by atoms with van der Waals surface area (Å²) >= 11 is 2.69. The first-order valence-corrected chi connectivity index (χ1v) is 13.1. The maximum absolute atomic E-state index is 12.6. The molecule has 0 fully saturated rings. The van der Waals surface area contributed by atoms with E-state index in [0.717, 1.165) is 11.3 Å². The van der Waals surface area contributed by atoms with Gasteiger partial charge in [0.05, 0.1) is 18.6 Å². The molecule has 0 saturated carbocycles. The number of amides is 1. The van der Waals surface area contributed by atoms with E-state index in [-0.39, 0.29) is 11.7 Å². The van der Waals surface area contributed by atoms with Crippen LogP contribution in [0.4, 0.5) is 5.13 Å². The quantitative estimate of drug-likeness (QED) is 0.198. The lowest BCUT2D eigenvalue weighted by Gasteiger charge is -2.17. The van der Waals surface area contributed by atoms with E-state index in [2.05, 4.69) is 27.1 Å². The van der Waals surface area contributed by atoms with Gasteiger partial charge in [-0.25, -0.2) is 4.98 Å². The molecule has 0 aliphatic rings. The van der Waals surface area contributed by atoms with Gasteiger partial charge >= 0.3 is 0 Å². The Bertz CT molecular complexity index is 1330. The van der Waals surface area contributed by atoms with Gasteiger partial charge < -0.3 is 14.8 Å². The van der Waals surface area contributed by atoms with Crippen molar-refractivity contribution in [3.05, 3.63) is 78.0 Å². The highest BCUT2D eigenvalue weighted by Crippen LogP contribution is 2.31. The van der Waals surface area contributed by atoms with Crippen molar-refractivity contribution in [1.29, 1.82) is 0 Å². The van der Waals surface area contributed by atoms with Gasteiger partial charge in [0.15, 0.2) is 33.7 Å². The van der Waals surface area contributed by atoms with Gasteiger partial charge in [-0.1, -0.05) is 59.8 Å². The van der Waals surface area contributed by atoms with Crippen molar-refractivity contribution in [2.75, 3.05) is 18.2 Å². The average molecular weight is 522 g/mol. The van der Waals surface area contributed by atoms with Gasteiger partial charge in [0.1, 0.15) is 0 Å². The highest BCUT2D eigenvalue weighted by molar-refractivity contribution is 7.99. The van der Waals surface area contributed by atoms with E-state index < -0.39 is 6.10 Å². The van der Waals surface area contributed by atoms with Crippen molar-refractivity contribution in [2.45, 2.75) is 31.7 Å². The number of hydrogen-bond acceptors (Lipinski definition) is 8. The number of aromatic nitrogens is 4. The first kappa shape index (κ1) is 25.5. The Kier molecular flexibility index (Phi) is 8.40. The second kappa shape index (κ2) is 11.9. The Hall–Kier alpha value is -3.63. The Balaban J connectivity index is 1.39. The van der Waals surface area contributed by atoms with Crippen molar-refractivity contribution in [3.63, 3.8) is 0 Å². The molecule has 2 heterocycles. The van der Waals surface area contributed by atoms with Crippen LogP contribution in [0.1, 0.15) is 24.4 Å². The molecule has 2 aromatic carbocycles. The molecule has 0 spiro atoms. The van der Waals surface area contributed by atoms with Crippen LogP contribution in [0.2, 0.25) is 0 Å². The van der Waals surface area contributed by atoms with Gasteiger partial charge in [-0.3, -0.25) is 9.36 Å². The van der Waals surface area contributed by atoms with Crippen LogP contribution >= 0.6 is 23.1 Å². The fraction of sp³-hybridized carbons (Fsp3) is 0.231. The van der Waals surface area contributed by atoms with Crippen LogP contribution in [0, 0.1) is 6.92 Å². The monoisotopic (exact) mass is 521 g/mol. The lowest BCUT2D eigenvalue weighted by Crippen LogP contribution is -2.15. The molecule has 2 aromatic heterocycles. The second-order valence-electron chi connectivity index (χ2n) is 7.89. The first-order valence-electron chi connectivity index (χ1n) is 11.3. The summed E-state index contributed by atoms with van der Waals surface area (Å²) in [6, 6.07) is 15.6. The molecule has 186 valence electrons. The summed E-state index contributed by atoms with van der Waals surface area (Å²) in [5.41, 5.74) is 3.04. The minimum atomic E-state index is -0.396. The highest BCUT2D eigenvalue weighted by atomic mass is 32.2. The zero-order valence-electron chi connectivity index (χ0n) is 20.3. The number of anilines is 1. The van der Waals surface area contributed by atoms with Gasteiger partial charge in [0.25, 0.3) is 0 Å². The summed E-state index contributed by atoms with van der Waals surface area (Å²) in [4.78, 5) is 17.2. The summed E-state index contributed by atoms with van der Waals surface area (Å²) < 4.78 is 13.4. The number of benzene rings is 2. The van der Waals surface area contributed by atoms with Crippen molar-refractivity contribution >= 4 is 34.1 Å². The smallest absolute Gasteiger partial charge is 0.236 e. The lowest BCUT2D eigenvalue weighted by molar-refractivity contribution is -0.113. The third kappa shape index (κ3) is 6.13. The van der Waals surface area contributed by atoms with E-state index in [1.165, 1.54) is 28.7 Å². The summed E-state index contributed by atoms with van der Waals surface area (Å²) in [6.07, 6.45) is 1.36. The number of thiazole rings is 1. The van der Waals surface area contributed by atoms with Crippen molar-refractivity contribution in [2.24, 2.45) is 0 Å². The molecule has 10 heteroatoms. The van der Waals surface area contributed by atoms with Crippen LogP contribution < -0.4 is 14.8 Å². The fourth-order valence-corrected chi connectivity index (χ4v) is 4.93. The predicted octanol–water partition coefficient (Wildman–Crippen LogP) is 5.78. The number of allylic oxidation sites excluding steroid dienone is 1. The van der Waals surface area contributed by atoms with Crippen LogP contribution in [-0.2, 0) is 11.3 Å². The standard InChI is InChI=1S/C26H27N5O3S2/c1-5-14-31-24(18(3)34-22-9-7-6-8-21(22)33-4)29-30-26(31)36-16-23(32)28-25-27-20(15-35-25)19-12-10-17(2)11-13-19/h5-13,15,18H,1,14,16H2,2-4H3,(H,27,28,32). The molecule has 0 radical (unpaired) electrons. The predicted molar refractivity (Wildman–Crippen MR) is 144 cm³/mol. The van der Waals surface area contributed by atoms with Crippen molar-refractivity contribution in [1.82, 2.24) is 19.7 Å². The van der Waals surface area contributed by atoms with Crippen LogP contribution in [-0.4, -0.2) is 38.5 Å². The van der Waals surface area contributed by atoms with E-state index in [4.69, 9.17) is 9.47 Å². The van der Waals surface area contributed by atoms with Gasteiger partial charge in [0, 0.05) is 17.5 Å². The van der Waals surface area contributed by atoms with Crippen molar-refractivity contribution < 1.29 is 14.3 Å². The minimum absolute atomic E-state index is 0.163. The van der Waals surface area contributed by atoms with Gasteiger partial charge in [-0.2, -0.15) is 0 Å². The molecule has 0 aliphatic carbocycles. The normalized spacial score (nSPS) is 11.6. The van der Waals surface area contributed by atoms with E-state index in [1.54, 1.807) is 13.2 Å². The third-order valence-electron chi connectivity index (χ3n) is 5.22. The average Bonchev–Trinajstić information content (AvgIpc) is 3.51. The number of rotatable bonds is 11. The molecule has 1 unspecified atom stereocenters. The van der Waals surface area contributed by atoms with Crippen molar-refractivity contribution in [3.8, 4) is 22.8 Å². The third-order valence-corrected chi connectivity index (χ3v) is 6.95. The number of nitrogens with zero attached hydrogens (tertiary/aromatic N) is 4. The zero-order chi connectivity index (χ0) is 25.5. The van der Waals surface area contributed by atoms with Gasteiger partial charge in [-0.15, -0.1) is 28.1 Å². The summed E-state index contributed by atoms with van der Waals surface area (Å²) in [5, 5.41) is 14.6. The van der Waals surface area contributed by atoms with Crippen LogP contribution in [0.25, 0.3) is 11.3 Å². The number of carbonyl (C=O) groups excluding carboxylic acids is 1.